The molecule has 0 radical (unpaired) electrons. The number of piperidine rings is 1. The molecular formula is C18H35N3. The molecule has 122 valence electrons. The van der Waals surface area contributed by atoms with Crippen molar-refractivity contribution in [1.29, 1.82) is 0 Å². The highest BCUT2D eigenvalue weighted by molar-refractivity contribution is 4.97. The molecule has 3 heteroatoms. The second kappa shape index (κ2) is 6.97. The van der Waals surface area contributed by atoms with E-state index in [0.29, 0.717) is 0 Å². The summed E-state index contributed by atoms with van der Waals surface area (Å²) in [5.41, 5.74) is 0. The first kappa shape index (κ1) is 15.8. The van der Waals surface area contributed by atoms with Crippen molar-refractivity contribution in [1.82, 2.24) is 15.1 Å². The summed E-state index contributed by atoms with van der Waals surface area (Å²) in [6.45, 7) is 12.3. The van der Waals surface area contributed by atoms with Gasteiger partial charge in [0.15, 0.2) is 0 Å². The molecule has 0 spiro atoms. The summed E-state index contributed by atoms with van der Waals surface area (Å²) >= 11 is 0. The van der Waals surface area contributed by atoms with Crippen molar-refractivity contribution in [3.63, 3.8) is 0 Å². The third-order valence-corrected chi connectivity index (χ3v) is 6.21. The summed E-state index contributed by atoms with van der Waals surface area (Å²) < 4.78 is 0. The summed E-state index contributed by atoms with van der Waals surface area (Å²) in [6, 6.07) is 3.07. The van der Waals surface area contributed by atoms with Crippen LogP contribution in [0.3, 0.4) is 0 Å². The molecule has 3 aliphatic rings. The van der Waals surface area contributed by atoms with Crippen LogP contribution in [0.15, 0.2) is 0 Å². The molecule has 0 amide bonds. The van der Waals surface area contributed by atoms with Crippen molar-refractivity contribution in [2.45, 2.75) is 83.5 Å². The van der Waals surface area contributed by atoms with Crippen molar-refractivity contribution < 1.29 is 0 Å². The van der Waals surface area contributed by atoms with E-state index in [2.05, 4.69) is 35.9 Å². The van der Waals surface area contributed by atoms with Gasteiger partial charge in [-0.25, -0.2) is 0 Å². The van der Waals surface area contributed by atoms with E-state index in [-0.39, 0.29) is 0 Å². The Balaban J connectivity index is 1.70. The molecular weight excluding hydrogens is 258 g/mol. The van der Waals surface area contributed by atoms with Gasteiger partial charge in [0.25, 0.3) is 0 Å². The smallest absolute Gasteiger partial charge is 0.0255 e. The molecule has 5 atom stereocenters. The molecule has 0 bridgehead atoms. The number of piperazine rings is 1. The number of hydrogen-bond acceptors (Lipinski definition) is 3. The lowest BCUT2D eigenvalue weighted by atomic mass is 9.81. The van der Waals surface area contributed by atoms with Crippen LogP contribution in [-0.4, -0.2) is 60.1 Å². The fraction of sp³-hybridized carbons (Fsp3) is 1.00. The third kappa shape index (κ3) is 3.46. The normalized spacial score (nSPS) is 42.7. The van der Waals surface area contributed by atoms with Crippen LogP contribution in [0.5, 0.6) is 0 Å². The summed E-state index contributed by atoms with van der Waals surface area (Å²) in [5.74, 6) is 0.904. The Labute approximate surface area is 131 Å². The molecule has 5 unspecified atom stereocenters. The Morgan fingerprint density at radius 3 is 2.71 bits per heavy atom. The molecule has 0 aromatic rings. The second-order valence-corrected chi connectivity index (χ2v) is 7.84. The maximum atomic E-state index is 3.79. The van der Waals surface area contributed by atoms with Gasteiger partial charge >= 0.3 is 0 Å². The molecule has 21 heavy (non-hydrogen) atoms. The minimum Gasteiger partial charge on any atom is -0.313 e. The Kier molecular flexibility index (Phi) is 5.23. The Bertz CT molecular complexity index is 332. The summed E-state index contributed by atoms with van der Waals surface area (Å²) in [7, 11) is 0. The minimum absolute atomic E-state index is 0.726. The summed E-state index contributed by atoms with van der Waals surface area (Å²) in [6.07, 6.45) is 8.47. The van der Waals surface area contributed by atoms with E-state index in [1.165, 1.54) is 58.2 Å². The number of rotatable bonds is 3. The van der Waals surface area contributed by atoms with E-state index < -0.39 is 0 Å². The molecule has 3 rings (SSSR count). The average Bonchev–Trinajstić information content (AvgIpc) is 2.49. The highest BCUT2D eigenvalue weighted by Gasteiger charge is 2.40. The number of fused-ring (bicyclic) bond motifs is 1. The lowest BCUT2D eigenvalue weighted by Crippen LogP contribution is -2.65. The molecule has 1 saturated carbocycles. The summed E-state index contributed by atoms with van der Waals surface area (Å²) in [4.78, 5) is 5.66. The van der Waals surface area contributed by atoms with Gasteiger partial charge in [-0.2, -0.15) is 0 Å². The van der Waals surface area contributed by atoms with Crippen LogP contribution in [0.1, 0.15) is 59.3 Å². The van der Waals surface area contributed by atoms with Gasteiger partial charge in [-0.1, -0.05) is 20.3 Å². The topological polar surface area (TPSA) is 18.5 Å². The third-order valence-electron chi connectivity index (χ3n) is 6.21. The molecule has 2 heterocycles. The molecule has 2 aliphatic heterocycles. The number of hydrogen-bond donors (Lipinski definition) is 1. The van der Waals surface area contributed by atoms with Gasteiger partial charge in [-0.05, 0) is 58.0 Å². The molecule has 0 aromatic heterocycles. The van der Waals surface area contributed by atoms with Crippen LogP contribution in [0.2, 0.25) is 0 Å². The van der Waals surface area contributed by atoms with E-state index in [1.807, 2.05) is 0 Å². The van der Waals surface area contributed by atoms with Crippen molar-refractivity contribution in [3.05, 3.63) is 0 Å². The van der Waals surface area contributed by atoms with E-state index in [1.54, 1.807) is 0 Å². The van der Waals surface area contributed by atoms with Crippen molar-refractivity contribution in [2.24, 2.45) is 5.92 Å². The lowest BCUT2D eigenvalue weighted by molar-refractivity contribution is -0.0294. The van der Waals surface area contributed by atoms with Crippen molar-refractivity contribution >= 4 is 0 Å². The zero-order chi connectivity index (χ0) is 14.8. The highest BCUT2D eigenvalue weighted by atomic mass is 15.3. The SMILES string of the molecule is CCNC1CCC(C)CC1N1CC2CCCCN2CC1C. The van der Waals surface area contributed by atoms with Crippen molar-refractivity contribution in [3.8, 4) is 0 Å². The Morgan fingerprint density at radius 2 is 1.90 bits per heavy atom. The second-order valence-electron chi connectivity index (χ2n) is 7.84. The quantitative estimate of drug-likeness (QED) is 0.863. The van der Waals surface area contributed by atoms with E-state index in [0.717, 1.165) is 36.6 Å². The van der Waals surface area contributed by atoms with Gasteiger partial charge in [-0.3, -0.25) is 9.80 Å². The maximum Gasteiger partial charge on any atom is 0.0255 e. The lowest BCUT2D eigenvalue weighted by Gasteiger charge is -2.53. The van der Waals surface area contributed by atoms with Gasteiger partial charge in [0, 0.05) is 37.3 Å². The Hall–Kier alpha value is -0.120. The predicted octanol–water partition coefficient (Wildman–Crippen LogP) is 2.71. The molecule has 1 N–H and O–H groups in total. The van der Waals surface area contributed by atoms with Crippen LogP contribution in [0.4, 0.5) is 0 Å². The van der Waals surface area contributed by atoms with Gasteiger partial charge < -0.3 is 5.32 Å². The molecule has 3 nitrogen and oxygen atoms in total. The van der Waals surface area contributed by atoms with E-state index >= 15 is 0 Å². The van der Waals surface area contributed by atoms with Gasteiger partial charge in [0.2, 0.25) is 0 Å². The van der Waals surface area contributed by atoms with Crippen LogP contribution < -0.4 is 5.32 Å². The zero-order valence-electron chi connectivity index (χ0n) is 14.4. The first-order chi connectivity index (χ1) is 10.2. The molecule has 0 aromatic carbocycles. The first-order valence-electron chi connectivity index (χ1n) is 9.42. The molecule has 1 aliphatic carbocycles. The fourth-order valence-electron chi connectivity index (χ4n) is 5.05. The maximum absolute atomic E-state index is 3.79. The standard InChI is InChI=1S/C18H35N3/c1-4-19-17-9-8-14(2)11-18(17)21-13-16-7-5-6-10-20(16)12-15(21)3/h14-19H,4-13H2,1-3H3. The highest BCUT2D eigenvalue weighted by Crippen LogP contribution is 2.32. The van der Waals surface area contributed by atoms with E-state index in [4.69, 9.17) is 0 Å². The molecule has 2 saturated heterocycles. The zero-order valence-corrected chi connectivity index (χ0v) is 14.4. The summed E-state index contributed by atoms with van der Waals surface area (Å²) in [5, 5.41) is 3.79. The monoisotopic (exact) mass is 293 g/mol. The van der Waals surface area contributed by atoms with Crippen LogP contribution in [-0.2, 0) is 0 Å². The Morgan fingerprint density at radius 1 is 1.05 bits per heavy atom. The van der Waals surface area contributed by atoms with Crippen LogP contribution in [0, 0.1) is 5.92 Å². The predicted molar refractivity (Wildman–Crippen MR) is 89.6 cm³/mol. The first-order valence-corrected chi connectivity index (χ1v) is 9.42. The number of nitrogens with zero attached hydrogens (tertiary/aromatic N) is 2. The van der Waals surface area contributed by atoms with Crippen molar-refractivity contribution in [2.75, 3.05) is 26.2 Å². The van der Waals surface area contributed by atoms with Crippen LogP contribution >= 0.6 is 0 Å². The minimum atomic E-state index is 0.726. The number of nitrogens with one attached hydrogen (secondary N) is 1. The number of likely N-dealkylation sites (N-methyl/N-ethyl adjacent to an activating group) is 1. The van der Waals surface area contributed by atoms with E-state index in [9.17, 15) is 0 Å². The average molecular weight is 293 g/mol. The van der Waals surface area contributed by atoms with Gasteiger partial charge in [0.05, 0.1) is 0 Å². The van der Waals surface area contributed by atoms with Gasteiger partial charge in [0.1, 0.15) is 0 Å². The fourth-order valence-corrected chi connectivity index (χ4v) is 5.05. The van der Waals surface area contributed by atoms with Crippen LogP contribution in [0.25, 0.3) is 0 Å². The largest absolute Gasteiger partial charge is 0.313 e. The van der Waals surface area contributed by atoms with Gasteiger partial charge in [-0.15, -0.1) is 0 Å². The molecule has 3 fully saturated rings.